The van der Waals surface area contributed by atoms with Crippen LogP contribution in [0.4, 0.5) is 14.9 Å². The van der Waals surface area contributed by atoms with Gasteiger partial charge in [-0.3, -0.25) is 4.79 Å². The lowest BCUT2D eigenvalue weighted by Gasteiger charge is -2.72. The maximum absolute atomic E-state index is 12.9. The van der Waals surface area contributed by atoms with E-state index in [0.717, 1.165) is 19.3 Å². The van der Waals surface area contributed by atoms with E-state index in [2.05, 4.69) is 10.6 Å². The fourth-order valence-electron chi connectivity index (χ4n) is 4.04. The summed E-state index contributed by atoms with van der Waals surface area (Å²) in [6.45, 7) is 7.41. The first-order chi connectivity index (χ1) is 11.5. The van der Waals surface area contributed by atoms with Crippen molar-refractivity contribution in [3.63, 3.8) is 0 Å². The van der Waals surface area contributed by atoms with Crippen molar-refractivity contribution in [3.05, 3.63) is 30.1 Å². The summed E-state index contributed by atoms with van der Waals surface area (Å²) in [4.78, 5) is 24.4. The minimum atomic E-state index is -0.520. The van der Waals surface area contributed by atoms with E-state index in [9.17, 15) is 14.0 Å². The maximum Gasteiger partial charge on any atom is 0.408 e. The number of hydrogen-bond donors (Lipinski definition) is 2. The molecule has 3 aliphatic rings. The van der Waals surface area contributed by atoms with Crippen molar-refractivity contribution in [3.8, 4) is 0 Å². The van der Waals surface area contributed by atoms with Crippen molar-refractivity contribution < 1.29 is 18.7 Å². The standard InChI is InChI=1S/C19H25FN2O3/c1-12(15(23)21-14-7-5-13(20)6-8-14)18-9-19(10-18,11-18)22-16(24)25-17(2,3)4/h5-8,12H,9-11H2,1-4H3,(H,21,23)(H,22,24)/t12-,18?,19?/m1/s1. The highest BCUT2D eigenvalue weighted by atomic mass is 19.1. The van der Waals surface area contributed by atoms with Crippen LogP contribution in [-0.4, -0.2) is 23.1 Å². The van der Waals surface area contributed by atoms with Crippen LogP contribution in [0.2, 0.25) is 0 Å². The molecule has 0 spiro atoms. The molecule has 3 fully saturated rings. The molecule has 2 N–H and O–H groups in total. The molecule has 0 radical (unpaired) electrons. The van der Waals surface area contributed by atoms with Gasteiger partial charge >= 0.3 is 6.09 Å². The second kappa shape index (κ2) is 5.71. The highest BCUT2D eigenvalue weighted by Crippen LogP contribution is 2.70. The average Bonchev–Trinajstić information content (AvgIpc) is 2.41. The van der Waals surface area contributed by atoms with Crippen LogP contribution in [0.3, 0.4) is 0 Å². The zero-order chi connectivity index (χ0) is 18.5. The topological polar surface area (TPSA) is 67.4 Å². The quantitative estimate of drug-likeness (QED) is 0.868. The third-order valence-corrected chi connectivity index (χ3v) is 5.26. The molecule has 1 aromatic carbocycles. The van der Waals surface area contributed by atoms with Crippen molar-refractivity contribution in [1.29, 1.82) is 0 Å². The summed E-state index contributed by atoms with van der Waals surface area (Å²) in [7, 11) is 0. The van der Waals surface area contributed by atoms with E-state index in [1.807, 2.05) is 27.7 Å². The number of ether oxygens (including phenoxy) is 1. The number of alkyl carbamates (subject to hydrolysis) is 1. The summed E-state index contributed by atoms with van der Waals surface area (Å²) in [5.41, 5.74) is -0.203. The summed E-state index contributed by atoms with van der Waals surface area (Å²) < 4.78 is 18.2. The minimum Gasteiger partial charge on any atom is -0.444 e. The second-order valence-electron chi connectivity index (χ2n) is 8.52. The zero-order valence-corrected chi connectivity index (χ0v) is 15.1. The van der Waals surface area contributed by atoms with Gasteiger partial charge in [-0.15, -0.1) is 0 Å². The van der Waals surface area contributed by atoms with Gasteiger partial charge in [0.1, 0.15) is 11.4 Å². The van der Waals surface area contributed by atoms with Crippen LogP contribution in [0, 0.1) is 17.2 Å². The molecule has 3 saturated carbocycles. The van der Waals surface area contributed by atoms with Crippen LogP contribution in [-0.2, 0) is 9.53 Å². The Morgan fingerprint density at radius 3 is 2.24 bits per heavy atom. The van der Waals surface area contributed by atoms with E-state index in [1.54, 1.807) is 12.1 Å². The first kappa shape index (κ1) is 17.7. The normalized spacial score (nSPS) is 28.2. The Bertz CT molecular complexity index is 674. The summed E-state index contributed by atoms with van der Waals surface area (Å²) in [5, 5.41) is 5.79. The van der Waals surface area contributed by atoms with Gasteiger partial charge in [-0.25, -0.2) is 9.18 Å². The van der Waals surface area contributed by atoms with Crippen LogP contribution in [0.1, 0.15) is 47.0 Å². The fourth-order valence-corrected chi connectivity index (χ4v) is 4.04. The van der Waals surface area contributed by atoms with Gasteiger partial charge in [0.15, 0.2) is 0 Å². The van der Waals surface area contributed by atoms with Crippen molar-refractivity contribution in [2.24, 2.45) is 11.3 Å². The lowest BCUT2D eigenvalue weighted by Crippen LogP contribution is -2.77. The molecule has 0 saturated heterocycles. The molecule has 3 aliphatic carbocycles. The third kappa shape index (κ3) is 3.48. The predicted octanol–water partition coefficient (Wildman–Crippen LogP) is 3.85. The Hall–Kier alpha value is -2.11. The molecule has 2 amide bonds. The first-order valence-corrected chi connectivity index (χ1v) is 8.60. The van der Waals surface area contributed by atoms with Gasteiger partial charge in [-0.05, 0) is 69.7 Å². The van der Waals surface area contributed by atoms with E-state index in [0.29, 0.717) is 5.69 Å². The Labute approximate surface area is 147 Å². The molecular formula is C19H25FN2O3. The molecule has 1 aromatic rings. The molecule has 1 atom stereocenters. The van der Waals surface area contributed by atoms with Crippen molar-refractivity contribution in [2.75, 3.05) is 5.32 Å². The predicted molar refractivity (Wildman–Crippen MR) is 92.6 cm³/mol. The maximum atomic E-state index is 12.9. The summed E-state index contributed by atoms with van der Waals surface area (Å²) in [5.74, 6) is -0.572. The van der Waals surface area contributed by atoms with Crippen molar-refractivity contribution in [1.82, 2.24) is 5.32 Å². The number of carbonyl (C=O) groups excluding carboxylic acids is 2. The third-order valence-electron chi connectivity index (χ3n) is 5.26. The fraction of sp³-hybridized carbons (Fsp3) is 0.579. The minimum absolute atomic E-state index is 0.0564. The van der Waals surface area contributed by atoms with E-state index in [-0.39, 0.29) is 28.6 Å². The molecule has 4 rings (SSSR count). The monoisotopic (exact) mass is 348 g/mol. The van der Waals surface area contributed by atoms with E-state index in [1.165, 1.54) is 12.1 Å². The molecule has 6 heteroatoms. The molecule has 25 heavy (non-hydrogen) atoms. The second-order valence-corrected chi connectivity index (χ2v) is 8.52. The van der Waals surface area contributed by atoms with Crippen LogP contribution in [0.5, 0.6) is 0 Å². The molecule has 2 bridgehead atoms. The van der Waals surface area contributed by atoms with Gasteiger partial charge < -0.3 is 15.4 Å². The van der Waals surface area contributed by atoms with Gasteiger partial charge in [0.25, 0.3) is 0 Å². The number of carbonyl (C=O) groups is 2. The Morgan fingerprint density at radius 2 is 1.72 bits per heavy atom. The zero-order valence-electron chi connectivity index (χ0n) is 15.1. The smallest absolute Gasteiger partial charge is 0.408 e. The van der Waals surface area contributed by atoms with Gasteiger partial charge in [-0.2, -0.15) is 0 Å². The van der Waals surface area contributed by atoms with Crippen LogP contribution < -0.4 is 10.6 Å². The molecule has 136 valence electrons. The largest absolute Gasteiger partial charge is 0.444 e. The number of anilines is 1. The molecule has 5 nitrogen and oxygen atoms in total. The van der Waals surface area contributed by atoms with Gasteiger partial charge in [0, 0.05) is 17.1 Å². The van der Waals surface area contributed by atoms with Crippen molar-refractivity contribution in [2.45, 2.75) is 58.1 Å². The highest BCUT2D eigenvalue weighted by molar-refractivity contribution is 5.93. The number of hydrogen-bond acceptors (Lipinski definition) is 3. The number of halogens is 1. The highest BCUT2D eigenvalue weighted by Gasteiger charge is 2.71. The summed E-state index contributed by atoms with van der Waals surface area (Å²) in [6, 6.07) is 5.74. The number of benzene rings is 1. The first-order valence-electron chi connectivity index (χ1n) is 8.60. The number of nitrogens with one attached hydrogen (secondary N) is 2. The number of rotatable bonds is 4. The van der Waals surface area contributed by atoms with Crippen LogP contribution in [0.25, 0.3) is 0 Å². The lowest BCUT2D eigenvalue weighted by atomic mass is 9.36. The molecule has 0 aliphatic heterocycles. The van der Waals surface area contributed by atoms with Crippen molar-refractivity contribution >= 4 is 17.7 Å². The Balaban J connectivity index is 1.51. The van der Waals surface area contributed by atoms with E-state index >= 15 is 0 Å². The Morgan fingerprint density at radius 1 is 1.16 bits per heavy atom. The van der Waals surface area contributed by atoms with Gasteiger partial charge in [0.05, 0.1) is 0 Å². The molecule has 0 heterocycles. The Kier molecular flexibility index (Phi) is 4.05. The lowest BCUT2D eigenvalue weighted by molar-refractivity contribution is -0.186. The summed E-state index contributed by atoms with van der Waals surface area (Å²) in [6.07, 6.45) is 1.97. The molecule has 0 unspecified atom stereocenters. The van der Waals surface area contributed by atoms with Crippen LogP contribution in [0.15, 0.2) is 24.3 Å². The van der Waals surface area contributed by atoms with Gasteiger partial charge in [0.2, 0.25) is 5.91 Å². The molecule has 0 aromatic heterocycles. The summed E-state index contributed by atoms with van der Waals surface area (Å²) >= 11 is 0. The van der Waals surface area contributed by atoms with Gasteiger partial charge in [-0.1, -0.05) is 6.92 Å². The van der Waals surface area contributed by atoms with Crippen LogP contribution >= 0.6 is 0 Å². The van der Waals surface area contributed by atoms with E-state index in [4.69, 9.17) is 4.74 Å². The SMILES string of the molecule is C[C@H](C(=O)Nc1ccc(F)cc1)C12CC(NC(=O)OC(C)(C)C)(C1)C2. The molecular weight excluding hydrogens is 323 g/mol. The average molecular weight is 348 g/mol. The van der Waals surface area contributed by atoms with E-state index < -0.39 is 11.7 Å². The number of amides is 2.